The lowest BCUT2D eigenvalue weighted by atomic mass is 10.3. The summed E-state index contributed by atoms with van der Waals surface area (Å²) in [7, 11) is -3.58. The zero-order chi connectivity index (χ0) is 13.9. The standard InChI is InChI=1S/C11H18N2O4S/c1-7(2)12-11(14)9(4)18(15,16)6-10-5-8(3)17-13-10/h5,7,9H,6H2,1-4H3,(H,12,14)/t9-/m0/s1. The number of hydrogen-bond acceptors (Lipinski definition) is 5. The molecule has 0 fully saturated rings. The van der Waals surface area contributed by atoms with Crippen molar-refractivity contribution in [2.75, 3.05) is 0 Å². The Balaban J connectivity index is 2.77. The van der Waals surface area contributed by atoms with Gasteiger partial charge in [0.1, 0.15) is 11.0 Å². The first-order chi connectivity index (χ1) is 8.22. The van der Waals surface area contributed by atoms with Crippen molar-refractivity contribution in [3.05, 3.63) is 17.5 Å². The van der Waals surface area contributed by atoms with Gasteiger partial charge in [0.05, 0.1) is 11.4 Å². The second-order valence-electron chi connectivity index (χ2n) is 4.54. The fraction of sp³-hybridized carbons (Fsp3) is 0.636. The van der Waals surface area contributed by atoms with Crippen molar-refractivity contribution < 1.29 is 17.7 Å². The predicted octanol–water partition coefficient (Wildman–Crippen LogP) is 0.811. The van der Waals surface area contributed by atoms with Crippen molar-refractivity contribution in [1.29, 1.82) is 0 Å². The molecular formula is C11H18N2O4S. The summed E-state index contributed by atoms with van der Waals surface area (Å²) in [6, 6.07) is 1.45. The van der Waals surface area contributed by atoms with Gasteiger partial charge in [-0.1, -0.05) is 5.16 Å². The summed E-state index contributed by atoms with van der Waals surface area (Å²) in [6.45, 7) is 6.61. The Morgan fingerprint density at radius 1 is 1.44 bits per heavy atom. The van der Waals surface area contributed by atoms with Gasteiger partial charge in [0, 0.05) is 12.1 Å². The number of aromatic nitrogens is 1. The fourth-order valence-corrected chi connectivity index (χ4v) is 2.57. The zero-order valence-electron chi connectivity index (χ0n) is 10.9. The Hall–Kier alpha value is -1.37. The second-order valence-corrected chi connectivity index (χ2v) is 6.86. The lowest BCUT2D eigenvalue weighted by molar-refractivity contribution is -0.120. The van der Waals surface area contributed by atoms with E-state index in [9.17, 15) is 13.2 Å². The van der Waals surface area contributed by atoms with E-state index in [1.54, 1.807) is 26.8 Å². The molecule has 0 aliphatic rings. The van der Waals surface area contributed by atoms with Crippen molar-refractivity contribution in [1.82, 2.24) is 10.5 Å². The Kier molecular flexibility index (Phi) is 4.50. The van der Waals surface area contributed by atoms with Crippen LogP contribution >= 0.6 is 0 Å². The molecule has 1 heterocycles. The second kappa shape index (κ2) is 5.51. The number of carbonyl (C=O) groups excluding carboxylic acids is 1. The summed E-state index contributed by atoms with van der Waals surface area (Å²) in [4.78, 5) is 11.7. The van der Waals surface area contributed by atoms with Crippen LogP contribution in [0.5, 0.6) is 0 Å². The van der Waals surface area contributed by atoms with Crippen molar-refractivity contribution in [2.24, 2.45) is 0 Å². The van der Waals surface area contributed by atoms with Gasteiger partial charge in [0.2, 0.25) is 5.91 Å². The highest BCUT2D eigenvalue weighted by Gasteiger charge is 2.29. The number of nitrogens with one attached hydrogen (secondary N) is 1. The van der Waals surface area contributed by atoms with Gasteiger partial charge in [-0.05, 0) is 27.7 Å². The van der Waals surface area contributed by atoms with Crippen LogP contribution in [-0.4, -0.2) is 30.8 Å². The van der Waals surface area contributed by atoms with E-state index in [0.717, 1.165) is 0 Å². The molecule has 1 N–H and O–H groups in total. The van der Waals surface area contributed by atoms with Crippen LogP contribution in [0.2, 0.25) is 0 Å². The van der Waals surface area contributed by atoms with E-state index in [1.807, 2.05) is 0 Å². The first-order valence-electron chi connectivity index (χ1n) is 5.66. The van der Waals surface area contributed by atoms with Crippen LogP contribution in [0.15, 0.2) is 10.6 Å². The number of amides is 1. The van der Waals surface area contributed by atoms with Crippen molar-refractivity contribution >= 4 is 15.7 Å². The first kappa shape index (κ1) is 14.7. The number of carbonyl (C=O) groups is 1. The third kappa shape index (κ3) is 3.83. The molecule has 0 unspecified atom stereocenters. The zero-order valence-corrected chi connectivity index (χ0v) is 11.7. The Morgan fingerprint density at radius 2 is 2.06 bits per heavy atom. The third-order valence-electron chi connectivity index (χ3n) is 2.36. The van der Waals surface area contributed by atoms with Gasteiger partial charge in [0.25, 0.3) is 0 Å². The minimum Gasteiger partial charge on any atom is -0.361 e. The number of nitrogens with zero attached hydrogens (tertiary/aromatic N) is 1. The Morgan fingerprint density at radius 3 is 2.50 bits per heavy atom. The molecule has 0 saturated carbocycles. The molecule has 18 heavy (non-hydrogen) atoms. The molecule has 1 amide bonds. The van der Waals surface area contributed by atoms with E-state index in [0.29, 0.717) is 11.5 Å². The van der Waals surface area contributed by atoms with E-state index >= 15 is 0 Å². The molecule has 0 aromatic carbocycles. The van der Waals surface area contributed by atoms with E-state index < -0.39 is 21.0 Å². The Labute approximate surface area is 107 Å². The van der Waals surface area contributed by atoms with Gasteiger partial charge in [0.15, 0.2) is 9.84 Å². The van der Waals surface area contributed by atoms with Crippen molar-refractivity contribution in [2.45, 2.75) is 44.7 Å². The average molecular weight is 274 g/mol. The van der Waals surface area contributed by atoms with E-state index in [1.165, 1.54) is 6.92 Å². The fourth-order valence-electron chi connectivity index (χ4n) is 1.38. The van der Waals surface area contributed by atoms with Crippen molar-refractivity contribution in [3.63, 3.8) is 0 Å². The number of rotatable bonds is 5. The molecule has 0 aliphatic carbocycles. The van der Waals surface area contributed by atoms with Crippen molar-refractivity contribution in [3.8, 4) is 0 Å². The molecule has 1 aromatic heterocycles. The minimum absolute atomic E-state index is 0.0931. The quantitative estimate of drug-likeness (QED) is 0.858. The molecule has 7 heteroatoms. The smallest absolute Gasteiger partial charge is 0.238 e. The van der Waals surface area contributed by atoms with Gasteiger partial charge < -0.3 is 9.84 Å². The molecule has 1 rings (SSSR count). The van der Waals surface area contributed by atoms with Crippen LogP contribution < -0.4 is 5.32 Å². The van der Waals surface area contributed by atoms with Crippen LogP contribution in [0, 0.1) is 6.92 Å². The van der Waals surface area contributed by atoms with E-state index in [4.69, 9.17) is 4.52 Å². The molecule has 102 valence electrons. The average Bonchev–Trinajstić information content (AvgIpc) is 2.60. The maximum absolute atomic E-state index is 12.0. The SMILES string of the molecule is Cc1cc(CS(=O)(=O)[C@@H](C)C(=O)NC(C)C)no1. The molecule has 0 spiro atoms. The lowest BCUT2D eigenvalue weighted by Crippen LogP contribution is -2.41. The third-order valence-corrected chi connectivity index (χ3v) is 4.35. The van der Waals surface area contributed by atoms with E-state index in [2.05, 4.69) is 10.5 Å². The molecule has 0 radical (unpaired) electrons. The normalized spacial score (nSPS) is 13.6. The molecule has 0 saturated heterocycles. The van der Waals surface area contributed by atoms with Crippen LogP contribution in [0.3, 0.4) is 0 Å². The highest BCUT2D eigenvalue weighted by molar-refractivity contribution is 7.92. The molecule has 6 nitrogen and oxygen atoms in total. The summed E-state index contributed by atoms with van der Waals surface area (Å²) in [5.74, 6) is -0.249. The molecule has 0 bridgehead atoms. The maximum atomic E-state index is 12.0. The summed E-state index contributed by atoms with van der Waals surface area (Å²) >= 11 is 0. The van der Waals surface area contributed by atoms with Crippen LogP contribution in [0.1, 0.15) is 32.2 Å². The molecule has 1 aromatic rings. The monoisotopic (exact) mass is 274 g/mol. The summed E-state index contributed by atoms with van der Waals surface area (Å²) < 4.78 is 28.8. The van der Waals surface area contributed by atoms with Gasteiger partial charge in [-0.2, -0.15) is 0 Å². The molecular weight excluding hydrogens is 256 g/mol. The molecule has 0 aliphatic heterocycles. The highest BCUT2D eigenvalue weighted by Crippen LogP contribution is 2.12. The Bertz CT molecular complexity index is 519. The van der Waals surface area contributed by atoms with Gasteiger partial charge >= 0.3 is 0 Å². The number of hydrogen-bond donors (Lipinski definition) is 1. The number of aryl methyl sites for hydroxylation is 1. The largest absolute Gasteiger partial charge is 0.361 e. The first-order valence-corrected chi connectivity index (χ1v) is 7.38. The lowest BCUT2D eigenvalue weighted by Gasteiger charge is -2.14. The number of sulfone groups is 1. The minimum atomic E-state index is -3.58. The van der Waals surface area contributed by atoms with Gasteiger partial charge in [-0.15, -0.1) is 0 Å². The van der Waals surface area contributed by atoms with Crippen LogP contribution in [-0.2, 0) is 20.4 Å². The van der Waals surface area contributed by atoms with E-state index in [-0.39, 0.29) is 11.8 Å². The summed E-state index contributed by atoms with van der Waals surface area (Å²) in [5, 5.41) is 5.10. The summed E-state index contributed by atoms with van der Waals surface area (Å²) in [6.07, 6.45) is 0. The predicted molar refractivity (Wildman–Crippen MR) is 66.6 cm³/mol. The van der Waals surface area contributed by atoms with Crippen LogP contribution in [0.4, 0.5) is 0 Å². The highest BCUT2D eigenvalue weighted by atomic mass is 32.2. The van der Waals surface area contributed by atoms with Gasteiger partial charge in [-0.25, -0.2) is 8.42 Å². The van der Waals surface area contributed by atoms with Gasteiger partial charge in [-0.3, -0.25) is 4.79 Å². The summed E-state index contributed by atoms with van der Waals surface area (Å²) in [5.41, 5.74) is 0.316. The maximum Gasteiger partial charge on any atom is 0.238 e. The van der Waals surface area contributed by atoms with Crippen LogP contribution in [0.25, 0.3) is 0 Å². The molecule has 1 atom stereocenters. The topological polar surface area (TPSA) is 89.3 Å².